The fourth-order valence-electron chi connectivity index (χ4n) is 4.62. The zero-order chi connectivity index (χ0) is 21.8. The van der Waals surface area contributed by atoms with Crippen LogP contribution in [-0.2, 0) is 4.79 Å². The van der Waals surface area contributed by atoms with Gasteiger partial charge in [-0.05, 0) is 56.9 Å². The highest BCUT2D eigenvalue weighted by atomic mass is 16.2. The third-order valence-corrected chi connectivity index (χ3v) is 6.41. The number of nitrogen functional groups attached to an aromatic ring is 1. The number of anilines is 1. The van der Waals surface area contributed by atoms with Crippen molar-refractivity contribution >= 4 is 17.5 Å². The van der Waals surface area contributed by atoms with E-state index in [2.05, 4.69) is 20.5 Å². The van der Waals surface area contributed by atoms with Gasteiger partial charge in [0, 0.05) is 36.3 Å². The molecule has 0 atom stereocenters. The molecular weight excluding hydrogens is 390 g/mol. The van der Waals surface area contributed by atoms with E-state index in [1.165, 1.54) is 0 Å². The molecule has 2 aromatic rings. The monoisotopic (exact) mass is 421 g/mol. The van der Waals surface area contributed by atoms with Gasteiger partial charge in [-0.2, -0.15) is 0 Å². The molecule has 7 nitrogen and oxygen atoms in total. The minimum absolute atomic E-state index is 0.00295. The van der Waals surface area contributed by atoms with E-state index < -0.39 is 0 Å². The Balaban J connectivity index is 1.14. The molecule has 2 aliphatic rings. The number of pyridine rings is 1. The van der Waals surface area contributed by atoms with Crippen LogP contribution >= 0.6 is 0 Å². The second-order valence-corrected chi connectivity index (χ2v) is 8.79. The first-order valence-electron chi connectivity index (χ1n) is 11.1. The number of nitrogens with one attached hydrogen (secondary N) is 2. The third-order valence-electron chi connectivity index (χ3n) is 6.41. The van der Waals surface area contributed by atoms with Crippen LogP contribution < -0.4 is 16.4 Å². The molecule has 7 heteroatoms. The number of nitrogens with two attached hydrogens (primary N) is 1. The quantitative estimate of drug-likeness (QED) is 0.664. The highest BCUT2D eigenvalue weighted by molar-refractivity contribution is 5.96. The normalized spacial score (nSPS) is 21.8. The number of carbonyl (C=O) groups excluding carboxylic acids is 2. The van der Waals surface area contributed by atoms with Gasteiger partial charge in [0.25, 0.3) is 5.91 Å². The van der Waals surface area contributed by atoms with Gasteiger partial charge in [0.2, 0.25) is 5.91 Å². The molecule has 31 heavy (non-hydrogen) atoms. The van der Waals surface area contributed by atoms with Gasteiger partial charge in [0.1, 0.15) is 0 Å². The van der Waals surface area contributed by atoms with Crippen LogP contribution in [0, 0.1) is 6.92 Å². The molecule has 0 radical (unpaired) electrons. The number of carbonyl (C=O) groups is 2. The Labute approximate surface area is 183 Å². The SMILES string of the molecule is Cc1cccc(C(=O)NCC(=O)NC2CN([C@H]3CC[C@@H](c4ccc(N)cn4)CC3)C2)c1. The first kappa shape index (κ1) is 21.3. The van der Waals surface area contributed by atoms with E-state index in [0.717, 1.165) is 50.0 Å². The van der Waals surface area contributed by atoms with E-state index in [1.54, 1.807) is 12.3 Å². The topological polar surface area (TPSA) is 100 Å². The Bertz CT molecular complexity index is 916. The van der Waals surface area contributed by atoms with Gasteiger partial charge in [-0.15, -0.1) is 0 Å². The fraction of sp³-hybridized carbons (Fsp3) is 0.458. The molecule has 2 amide bonds. The van der Waals surface area contributed by atoms with E-state index in [1.807, 2.05) is 37.3 Å². The molecule has 2 fully saturated rings. The summed E-state index contributed by atoms with van der Waals surface area (Å²) in [6.07, 6.45) is 6.33. The van der Waals surface area contributed by atoms with E-state index >= 15 is 0 Å². The lowest BCUT2D eigenvalue weighted by Crippen LogP contribution is -2.63. The Hall–Kier alpha value is -2.93. The van der Waals surface area contributed by atoms with Gasteiger partial charge in [0.05, 0.1) is 24.5 Å². The van der Waals surface area contributed by atoms with E-state index in [4.69, 9.17) is 5.73 Å². The molecule has 1 saturated heterocycles. The molecule has 1 saturated carbocycles. The number of aromatic nitrogens is 1. The third kappa shape index (κ3) is 5.41. The van der Waals surface area contributed by atoms with Crippen molar-refractivity contribution in [3.05, 3.63) is 59.4 Å². The molecule has 1 aromatic heterocycles. The minimum atomic E-state index is -0.221. The summed E-state index contributed by atoms with van der Waals surface area (Å²) < 4.78 is 0. The van der Waals surface area contributed by atoms with Gasteiger partial charge in [-0.25, -0.2) is 0 Å². The van der Waals surface area contributed by atoms with Crippen LogP contribution in [0.1, 0.15) is 53.2 Å². The standard InChI is InChI=1S/C24H31N5O2/c1-16-3-2-4-18(11-16)24(31)27-13-23(30)28-20-14-29(15-20)21-8-5-17(6-9-21)22-10-7-19(25)12-26-22/h2-4,7,10-12,17,20-21H,5-6,8-9,13-15,25H2,1H3,(H,27,31)(H,28,30)/t17-,21+. The second kappa shape index (κ2) is 9.47. The molecule has 0 bridgehead atoms. The number of rotatable bonds is 6. The van der Waals surface area contributed by atoms with E-state index in [9.17, 15) is 9.59 Å². The molecule has 1 aliphatic carbocycles. The number of nitrogens with zero attached hydrogens (tertiary/aromatic N) is 2. The number of benzene rings is 1. The summed E-state index contributed by atoms with van der Waals surface area (Å²) >= 11 is 0. The molecule has 0 unspecified atom stereocenters. The first-order valence-corrected chi connectivity index (χ1v) is 11.1. The Morgan fingerprint density at radius 1 is 1.13 bits per heavy atom. The number of likely N-dealkylation sites (tertiary alicyclic amines) is 1. The Kier molecular flexibility index (Phi) is 6.51. The van der Waals surface area contributed by atoms with Crippen LogP contribution in [-0.4, -0.2) is 53.4 Å². The summed E-state index contributed by atoms with van der Waals surface area (Å²) in [4.78, 5) is 31.3. The molecule has 0 spiro atoms. The van der Waals surface area contributed by atoms with E-state index in [0.29, 0.717) is 23.2 Å². The predicted molar refractivity (Wildman–Crippen MR) is 121 cm³/mol. The highest BCUT2D eigenvalue weighted by Crippen LogP contribution is 2.35. The highest BCUT2D eigenvalue weighted by Gasteiger charge is 2.35. The maximum Gasteiger partial charge on any atom is 0.251 e. The lowest BCUT2D eigenvalue weighted by atomic mass is 9.82. The smallest absolute Gasteiger partial charge is 0.251 e. The zero-order valence-corrected chi connectivity index (χ0v) is 18.0. The molecule has 1 aromatic carbocycles. The number of hydrogen-bond acceptors (Lipinski definition) is 5. The number of hydrogen-bond donors (Lipinski definition) is 3. The molecule has 4 rings (SSSR count). The van der Waals surface area contributed by atoms with Gasteiger partial charge in [-0.1, -0.05) is 17.7 Å². The summed E-state index contributed by atoms with van der Waals surface area (Å²) in [6, 6.07) is 12.1. The number of aryl methyl sites for hydroxylation is 1. The lowest BCUT2D eigenvalue weighted by Gasteiger charge is -2.46. The predicted octanol–water partition coefficient (Wildman–Crippen LogP) is 2.23. The molecule has 2 heterocycles. The second-order valence-electron chi connectivity index (χ2n) is 8.79. The van der Waals surface area contributed by atoms with Crippen molar-refractivity contribution in [1.29, 1.82) is 0 Å². The summed E-state index contributed by atoms with van der Waals surface area (Å²) in [7, 11) is 0. The van der Waals surface area contributed by atoms with Crippen LogP contribution in [0.3, 0.4) is 0 Å². The number of amides is 2. The summed E-state index contributed by atoms with van der Waals surface area (Å²) in [6.45, 7) is 3.70. The van der Waals surface area contributed by atoms with Gasteiger partial charge >= 0.3 is 0 Å². The van der Waals surface area contributed by atoms with Crippen molar-refractivity contribution in [2.75, 3.05) is 25.4 Å². The van der Waals surface area contributed by atoms with Crippen molar-refractivity contribution < 1.29 is 9.59 Å². The average Bonchev–Trinajstić information content (AvgIpc) is 2.75. The summed E-state index contributed by atoms with van der Waals surface area (Å²) in [5.74, 6) is 0.163. The lowest BCUT2D eigenvalue weighted by molar-refractivity contribution is -0.122. The van der Waals surface area contributed by atoms with Crippen molar-refractivity contribution in [3.8, 4) is 0 Å². The van der Waals surface area contributed by atoms with Crippen LogP contribution in [0.25, 0.3) is 0 Å². The van der Waals surface area contributed by atoms with E-state index in [-0.39, 0.29) is 24.4 Å². The van der Waals surface area contributed by atoms with Crippen molar-refractivity contribution in [2.45, 2.75) is 50.6 Å². The average molecular weight is 422 g/mol. The van der Waals surface area contributed by atoms with Gasteiger partial charge in [-0.3, -0.25) is 19.5 Å². The maximum absolute atomic E-state index is 12.2. The van der Waals surface area contributed by atoms with Crippen LogP contribution in [0.5, 0.6) is 0 Å². The van der Waals surface area contributed by atoms with Crippen molar-refractivity contribution in [2.24, 2.45) is 0 Å². The minimum Gasteiger partial charge on any atom is -0.397 e. The van der Waals surface area contributed by atoms with Crippen LogP contribution in [0.15, 0.2) is 42.6 Å². The van der Waals surface area contributed by atoms with Crippen molar-refractivity contribution in [3.63, 3.8) is 0 Å². The van der Waals surface area contributed by atoms with Gasteiger partial charge < -0.3 is 16.4 Å². The molecule has 4 N–H and O–H groups in total. The summed E-state index contributed by atoms with van der Waals surface area (Å²) in [5.41, 5.74) is 9.19. The molecular formula is C24H31N5O2. The molecule has 164 valence electrons. The largest absolute Gasteiger partial charge is 0.397 e. The van der Waals surface area contributed by atoms with Gasteiger partial charge in [0.15, 0.2) is 0 Å². The fourth-order valence-corrected chi connectivity index (χ4v) is 4.62. The van der Waals surface area contributed by atoms with Crippen LogP contribution in [0.2, 0.25) is 0 Å². The summed E-state index contributed by atoms with van der Waals surface area (Å²) in [5, 5.41) is 5.73. The van der Waals surface area contributed by atoms with Crippen molar-refractivity contribution in [1.82, 2.24) is 20.5 Å². The maximum atomic E-state index is 12.2. The Morgan fingerprint density at radius 2 is 1.90 bits per heavy atom. The molecule has 1 aliphatic heterocycles. The van der Waals surface area contributed by atoms with Crippen LogP contribution in [0.4, 0.5) is 5.69 Å². The Morgan fingerprint density at radius 3 is 2.58 bits per heavy atom. The first-order chi connectivity index (χ1) is 15.0. The zero-order valence-electron chi connectivity index (χ0n) is 18.0.